The lowest BCUT2D eigenvalue weighted by Crippen LogP contribution is -2.51. The molecule has 3 aliphatic rings. The molecule has 6 rings (SSSR count). The number of carbonyl (C=O) groups excluding carboxylic acids is 1. The predicted octanol–water partition coefficient (Wildman–Crippen LogP) is 2.70. The van der Waals surface area contributed by atoms with Gasteiger partial charge in [0.15, 0.2) is 11.6 Å². The van der Waals surface area contributed by atoms with Crippen LogP contribution in [0.3, 0.4) is 0 Å². The molecular weight excluding hydrogens is 380 g/mol. The molecule has 2 aliphatic carbocycles. The molecule has 1 saturated heterocycles. The lowest BCUT2D eigenvalue weighted by molar-refractivity contribution is -0.117. The first-order chi connectivity index (χ1) is 14.7. The largest absolute Gasteiger partial charge is 0.488 e. The minimum Gasteiger partial charge on any atom is -0.488 e. The third-order valence-electron chi connectivity index (χ3n) is 6.48. The van der Waals surface area contributed by atoms with E-state index in [1.165, 1.54) is 25.8 Å². The molecule has 1 N–H and O–H groups in total. The number of likely N-dealkylation sites (tertiary alicyclic amines) is 1. The van der Waals surface area contributed by atoms with Crippen LogP contribution in [-0.2, 0) is 11.8 Å². The number of hydrogen-bond donors (Lipinski definition) is 1. The van der Waals surface area contributed by atoms with Gasteiger partial charge in [-0.2, -0.15) is 10.2 Å². The first-order valence-corrected chi connectivity index (χ1v) is 10.9. The third-order valence-corrected chi connectivity index (χ3v) is 6.48. The molecule has 4 heterocycles. The van der Waals surface area contributed by atoms with Crippen molar-refractivity contribution in [2.24, 2.45) is 13.0 Å². The number of aryl methyl sites for hydroxylation is 1. The Kier molecular flexibility index (Phi) is 4.09. The van der Waals surface area contributed by atoms with Gasteiger partial charge in [0, 0.05) is 49.4 Å². The van der Waals surface area contributed by atoms with Crippen LogP contribution < -0.4 is 10.1 Å². The van der Waals surface area contributed by atoms with Crippen molar-refractivity contribution in [1.82, 2.24) is 24.3 Å². The lowest BCUT2D eigenvalue weighted by atomic mass is 10.0. The summed E-state index contributed by atoms with van der Waals surface area (Å²) in [6.45, 7) is 1.91. The number of nitrogens with one attached hydrogen (secondary N) is 1. The molecule has 3 fully saturated rings. The highest BCUT2D eigenvalue weighted by Crippen LogP contribution is 2.36. The van der Waals surface area contributed by atoms with Gasteiger partial charge < -0.3 is 10.1 Å². The molecule has 0 radical (unpaired) electrons. The SMILES string of the molecule is Cn1ncc(OC[C@H]2CCN2C2CC2)c1-c1ccn2nc(NC(=O)C3CC3)cc2c1. The number of pyridine rings is 1. The molecule has 0 bridgehead atoms. The van der Waals surface area contributed by atoms with Crippen LogP contribution in [0.25, 0.3) is 16.8 Å². The fraction of sp³-hybridized carbons (Fsp3) is 0.500. The molecule has 1 amide bonds. The van der Waals surface area contributed by atoms with E-state index in [0.717, 1.165) is 41.4 Å². The Morgan fingerprint density at radius 1 is 1.23 bits per heavy atom. The van der Waals surface area contributed by atoms with Crippen LogP contribution in [0.5, 0.6) is 5.75 Å². The number of rotatable bonds is 7. The van der Waals surface area contributed by atoms with Crippen molar-refractivity contribution < 1.29 is 9.53 Å². The van der Waals surface area contributed by atoms with Crippen LogP contribution in [0.1, 0.15) is 32.1 Å². The molecule has 2 saturated carbocycles. The summed E-state index contributed by atoms with van der Waals surface area (Å²) in [7, 11) is 1.93. The Hall–Kier alpha value is -2.87. The Bertz CT molecular complexity index is 1110. The second kappa shape index (κ2) is 6.84. The molecule has 8 heteroatoms. The van der Waals surface area contributed by atoms with Crippen molar-refractivity contribution >= 4 is 17.2 Å². The number of ether oxygens (including phenoxy) is 1. The number of anilines is 1. The van der Waals surface area contributed by atoms with Gasteiger partial charge in [-0.1, -0.05) is 0 Å². The van der Waals surface area contributed by atoms with E-state index in [9.17, 15) is 4.79 Å². The highest BCUT2D eigenvalue weighted by Gasteiger charge is 2.39. The predicted molar refractivity (Wildman–Crippen MR) is 112 cm³/mol. The molecule has 3 aromatic rings. The van der Waals surface area contributed by atoms with Gasteiger partial charge in [0.25, 0.3) is 0 Å². The highest BCUT2D eigenvalue weighted by atomic mass is 16.5. The maximum absolute atomic E-state index is 12.0. The molecule has 3 aromatic heterocycles. The number of nitrogens with zero attached hydrogens (tertiary/aromatic N) is 5. The molecule has 1 aliphatic heterocycles. The minimum absolute atomic E-state index is 0.0668. The molecule has 0 unspecified atom stereocenters. The van der Waals surface area contributed by atoms with E-state index in [4.69, 9.17) is 4.74 Å². The van der Waals surface area contributed by atoms with Crippen molar-refractivity contribution in [3.63, 3.8) is 0 Å². The fourth-order valence-corrected chi connectivity index (χ4v) is 4.34. The average Bonchev–Trinajstić information content (AvgIpc) is 3.63. The Morgan fingerprint density at radius 3 is 2.83 bits per heavy atom. The first kappa shape index (κ1) is 17.9. The quantitative estimate of drug-likeness (QED) is 0.653. The first-order valence-electron chi connectivity index (χ1n) is 10.9. The van der Waals surface area contributed by atoms with Crippen molar-refractivity contribution in [3.05, 3.63) is 30.6 Å². The molecule has 0 aromatic carbocycles. The molecule has 156 valence electrons. The maximum Gasteiger partial charge on any atom is 0.228 e. The summed E-state index contributed by atoms with van der Waals surface area (Å²) < 4.78 is 9.86. The van der Waals surface area contributed by atoms with Crippen LogP contribution >= 0.6 is 0 Å². The van der Waals surface area contributed by atoms with E-state index in [1.54, 1.807) is 10.7 Å². The fourth-order valence-electron chi connectivity index (χ4n) is 4.34. The summed E-state index contributed by atoms with van der Waals surface area (Å²) >= 11 is 0. The number of hydrogen-bond acceptors (Lipinski definition) is 5. The highest BCUT2D eigenvalue weighted by molar-refractivity contribution is 5.93. The van der Waals surface area contributed by atoms with Crippen LogP contribution in [0, 0.1) is 5.92 Å². The molecule has 0 spiro atoms. The van der Waals surface area contributed by atoms with Gasteiger partial charge in [-0.25, -0.2) is 4.52 Å². The second-order valence-corrected chi connectivity index (χ2v) is 8.78. The van der Waals surface area contributed by atoms with Gasteiger partial charge >= 0.3 is 0 Å². The maximum atomic E-state index is 12.0. The average molecular weight is 406 g/mol. The summed E-state index contributed by atoms with van der Waals surface area (Å²) in [4.78, 5) is 14.6. The third kappa shape index (κ3) is 3.25. The Labute approximate surface area is 174 Å². The lowest BCUT2D eigenvalue weighted by Gasteiger charge is -2.40. The van der Waals surface area contributed by atoms with Gasteiger partial charge in [0.2, 0.25) is 5.91 Å². The van der Waals surface area contributed by atoms with Gasteiger partial charge in [-0.3, -0.25) is 14.4 Å². The smallest absolute Gasteiger partial charge is 0.228 e. The summed E-state index contributed by atoms with van der Waals surface area (Å²) in [6.07, 6.45) is 9.56. The molecule has 8 nitrogen and oxygen atoms in total. The number of carbonyl (C=O) groups is 1. The summed E-state index contributed by atoms with van der Waals surface area (Å²) in [5.41, 5.74) is 2.90. The Balaban J connectivity index is 1.22. The van der Waals surface area contributed by atoms with Crippen LogP contribution in [0.15, 0.2) is 30.6 Å². The zero-order chi connectivity index (χ0) is 20.2. The van der Waals surface area contributed by atoms with Crippen LogP contribution in [-0.4, -0.2) is 55.4 Å². The number of aromatic nitrogens is 4. The van der Waals surface area contributed by atoms with Gasteiger partial charge in [0.1, 0.15) is 12.3 Å². The van der Waals surface area contributed by atoms with Gasteiger partial charge in [0.05, 0.1) is 11.7 Å². The summed E-state index contributed by atoms with van der Waals surface area (Å²) in [6, 6.07) is 7.29. The second-order valence-electron chi connectivity index (χ2n) is 8.78. The summed E-state index contributed by atoms with van der Waals surface area (Å²) in [5.74, 6) is 1.63. The normalized spacial score (nSPS) is 21.6. The van der Waals surface area contributed by atoms with Gasteiger partial charge in [-0.15, -0.1) is 0 Å². The molecular formula is C22H26N6O2. The van der Waals surface area contributed by atoms with Gasteiger partial charge in [-0.05, 0) is 44.2 Å². The van der Waals surface area contributed by atoms with E-state index in [2.05, 4.69) is 26.5 Å². The Morgan fingerprint density at radius 2 is 2.10 bits per heavy atom. The molecule has 1 atom stereocenters. The van der Waals surface area contributed by atoms with Crippen molar-refractivity contribution in [2.75, 3.05) is 18.5 Å². The van der Waals surface area contributed by atoms with E-state index in [1.807, 2.05) is 30.1 Å². The van der Waals surface area contributed by atoms with Crippen molar-refractivity contribution in [3.8, 4) is 17.0 Å². The van der Waals surface area contributed by atoms with Crippen LogP contribution in [0.2, 0.25) is 0 Å². The summed E-state index contributed by atoms with van der Waals surface area (Å²) in [5, 5.41) is 11.8. The van der Waals surface area contributed by atoms with Crippen molar-refractivity contribution in [1.29, 1.82) is 0 Å². The van der Waals surface area contributed by atoms with Crippen LogP contribution in [0.4, 0.5) is 5.82 Å². The minimum atomic E-state index is 0.0668. The van der Waals surface area contributed by atoms with E-state index in [-0.39, 0.29) is 11.8 Å². The van der Waals surface area contributed by atoms with E-state index < -0.39 is 0 Å². The standard InChI is InChI=1S/C22H26N6O2/c1-26-21(19(12-23-26)30-13-17-7-8-27(17)16-4-5-16)15-6-9-28-18(10-15)11-20(25-28)24-22(29)14-2-3-14/h6,9-12,14,16-17H,2-5,7-8,13H2,1H3,(H,24,25,29)/t17-/m1/s1. The van der Waals surface area contributed by atoms with E-state index in [0.29, 0.717) is 18.5 Å². The van der Waals surface area contributed by atoms with Crippen molar-refractivity contribution in [2.45, 2.75) is 44.2 Å². The van der Waals surface area contributed by atoms with E-state index >= 15 is 0 Å². The number of fused-ring (bicyclic) bond motifs is 1. The molecule has 30 heavy (non-hydrogen) atoms. The number of amides is 1. The topological polar surface area (TPSA) is 76.7 Å². The zero-order valence-electron chi connectivity index (χ0n) is 17.1. The zero-order valence-corrected chi connectivity index (χ0v) is 17.1. The monoisotopic (exact) mass is 406 g/mol.